The van der Waals surface area contributed by atoms with Gasteiger partial charge in [-0.3, -0.25) is 4.90 Å². The Morgan fingerprint density at radius 2 is 2.00 bits per heavy atom. The molecular weight excluding hydrogens is 334 g/mol. The molecular formula is C15H19N3O3S2. The fourth-order valence-electron chi connectivity index (χ4n) is 2.54. The third-order valence-electron chi connectivity index (χ3n) is 3.85. The van der Waals surface area contributed by atoms with Crippen LogP contribution < -0.4 is 4.74 Å². The first-order chi connectivity index (χ1) is 11.1. The van der Waals surface area contributed by atoms with Crippen LogP contribution in [0.4, 0.5) is 0 Å². The molecule has 0 aliphatic carbocycles. The summed E-state index contributed by atoms with van der Waals surface area (Å²) >= 11 is 1.73. The molecule has 1 fully saturated rings. The van der Waals surface area contributed by atoms with Gasteiger partial charge in [-0.25, -0.2) is 13.4 Å². The second kappa shape index (κ2) is 6.96. The molecule has 2 aromatic rings. The molecule has 0 radical (unpaired) electrons. The van der Waals surface area contributed by atoms with Crippen molar-refractivity contribution in [2.45, 2.75) is 11.4 Å². The Bertz CT molecular complexity index is 722. The highest BCUT2D eigenvalue weighted by atomic mass is 32.2. The molecule has 3 rings (SSSR count). The van der Waals surface area contributed by atoms with E-state index in [9.17, 15) is 8.42 Å². The van der Waals surface area contributed by atoms with Gasteiger partial charge >= 0.3 is 0 Å². The van der Waals surface area contributed by atoms with Gasteiger partial charge in [0.2, 0.25) is 15.9 Å². The Morgan fingerprint density at radius 3 is 2.57 bits per heavy atom. The topological polar surface area (TPSA) is 62.7 Å². The fraction of sp³-hybridized carbons (Fsp3) is 0.400. The highest BCUT2D eigenvalue weighted by molar-refractivity contribution is 7.89. The van der Waals surface area contributed by atoms with Crippen LogP contribution in [0, 0.1) is 0 Å². The van der Waals surface area contributed by atoms with Crippen molar-refractivity contribution in [1.29, 1.82) is 0 Å². The fourth-order valence-corrected chi connectivity index (χ4v) is 4.65. The number of ether oxygens (including phenoxy) is 1. The molecule has 6 nitrogen and oxygen atoms in total. The average molecular weight is 353 g/mol. The summed E-state index contributed by atoms with van der Waals surface area (Å²) in [4.78, 5) is 7.79. The minimum Gasteiger partial charge on any atom is -0.481 e. The maximum Gasteiger partial charge on any atom is 0.244 e. The molecule has 0 bridgehead atoms. The van der Waals surface area contributed by atoms with Crippen LogP contribution in [0.25, 0.3) is 0 Å². The number of hydrogen-bond acceptors (Lipinski definition) is 6. The number of aromatic nitrogens is 1. The van der Waals surface area contributed by atoms with E-state index < -0.39 is 10.0 Å². The smallest absolute Gasteiger partial charge is 0.244 e. The summed E-state index contributed by atoms with van der Waals surface area (Å²) in [7, 11) is -1.98. The molecule has 2 aromatic heterocycles. The molecule has 124 valence electrons. The molecule has 3 heterocycles. The number of hydrogen-bond donors (Lipinski definition) is 0. The van der Waals surface area contributed by atoms with Crippen molar-refractivity contribution in [3.63, 3.8) is 0 Å². The number of thiophene rings is 1. The van der Waals surface area contributed by atoms with Gasteiger partial charge in [-0.2, -0.15) is 4.31 Å². The van der Waals surface area contributed by atoms with E-state index in [0.29, 0.717) is 19.0 Å². The predicted molar refractivity (Wildman–Crippen MR) is 89.1 cm³/mol. The van der Waals surface area contributed by atoms with Crippen LogP contribution in [0.3, 0.4) is 0 Å². The molecule has 23 heavy (non-hydrogen) atoms. The first kappa shape index (κ1) is 16.4. The summed E-state index contributed by atoms with van der Waals surface area (Å²) in [6.07, 6.45) is 1.35. The second-order valence-electron chi connectivity index (χ2n) is 5.30. The number of piperazine rings is 1. The number of rotatable bonds is 5. The quantitative estimate of drug-likeness (QED) is 0.818. The minimum atomic E-state index is -3.48. The lowest BCUT2D eigenvalue weighted by molar-refractivity contribution is 0.183. The van der Waals surface area contributed by atoms with Crippen LogP contribution in [0.2, 0.25) is 0 Å². The number of sulfonamides is 1. The van der Waals surface area contributed by atoms with E-state index >= 15 is 0 Å². The van der Waals surface area contributed by atoms with Gasteiger partial charge in [-0.15, -0.1) is 11.3 Å². The van der Waals surface area contributed by atoms with E-state index in [1.807, 2.05) is 6.07 Å². The third kappa shape index (κ3) is 3.72. The Kier molecular flexibility index (Phi) is 4.96. The van der Waals surface area contributed by atoms with Crippen LogP contribution in [-0.2, 0) is 16.6 Å². The van der Waals surface area contributed by atoms with Gasteiger partial charge in [0.05, 0.1) is 13.3 Å². The normalized spacial score (nSPS) is 17.3. The second-order valence-corrected chi connectivity index (χ2v) is 8.27. The molecule has 0 saturated carbocycles. The predicted octanol–water partition coefficient (Wildman–Crippen LogP) is 1.66. The van der Waals surface area contributed by atoms with Gasteiger partial charge in [0.1, 0.15) is 4.90 Å². The van der Waals surface area contributed by atoms with Crippen molar-refractivity contribution in [3.05, 3.63) is 40.7 Å². The first-order valence-electron chi connectivity index (χ1n) is 7.34. The highest BCUT2D eigenvalue weighted by Gasteiger charge is 2.28. The van der Waals surface area contributed by atoms with Crippen LogP contribution in [0.5, 0.6) is 5.88 Å². The van der Waals surface area contributed by atoms with Crippen LogP contribution in [-0.4, -0.2) is 55.9 Å². The molecule has 0 amide bonds. The molecule has 1 aliphatic rings. The maximum atomic E-state index is 12.6. The molecule has 1 aliphatic heterocycles. The monoisotopic (exact) mass is 353 g/mol. The van der Waals surface area contributed by atoms with Gasteiger partial charge in [-0.05, 0) is 17.5 Å². The molecule has 8 heteroatoms. The van der Waals surface area contributed by atoms with E-state index in [2.05, 4.69) is 21.3 Å². The first-order valence-corrected chi connectivity index (χ1v) is 9.66. The molecule has 0 unspecified atom stereocenters. The SMILES string of the molecule is COc1ccc(S(=O)(=O)N2CCN(Cc3cccs3)CC2)cn1. The van der Waals surface area contributed by atoms with Gasteiger partial charge in [0, 0.05) is 43.7 Å². The minimum absolute atomic E-state index is 0.213. The van der Waals surface area contributed by atoms with Crippen molar-refractivity contribution in [1.82, 2.24) is 14.2 Å². The van der Waals surface area contributed by atoms with E-state index in [-0.39, 0.29) is 4.90 Å². The van der Waals surface area contributed by atoms with Crippen LogP contribution in [0.15, 0.2) is 40.7 Å². The van der Waals surface area contributed by atoms with Crippen molar-refractivity contribution in [3.8, 4) is 5.88 Å². The van der Waals surface area contributed by atoms with Crippen molar-refractivity contribution >= 4 is 21.4 Å². The third-order valence-corrected chi connectivity index (χ3v) is 6.59. The number of pyridine rings is 1. The lowest BCUT2D eigenvalue weighted by Crippen LogP contribution is -2.48. The molecule has 0 spiro atoms. The molecule has 1 saturated heterocycles. The number of nitrogens with zero attached hydrogens (tertiary/aromatic N) is 3. The lowest BCUT2D eigenvalue weighted by atomic mass is 10.3. The largest absolute Gasteiger partial charge is 0.481 e. The molecule has 0 aromatic carbocycles. The zero-order chi connectivity index (χ0) is 16.3. The summed E-state index contributed by atoms with van der Waals surface area (Å²) in [5.41, 5.74) is 0. The summed E-state index contributed by atoms with van der Waals surface area (Å²) in [5.74, 6) is 0.407. The Balaban J connectivity index is 1.63. The van der Waals surface area contributed by atoms with E-state index in [4.69, 9.17) is 4.74 Å². The zero-order valence-electron chi connectivity index (χ0n) is 12.9. The molecule has 0 N–H and O–H groups in total. The van der Waals surface area contributed by atoms with Crippen molar-refractivity contribution in [2.75, 3.05) is 33.3 Å². The molecule has 0 atom stereocenters. The summed E-state index contributed by atoms with van der Waals surface area (Å²) in [5, 5.41) is 2.06. The summed E-state index contributed by atoms with van der Waals surface area (Å²) < 4.78 is 31.8. The zero-order valence-corrected chi connectivity index (χ0v) is 14.5. The average Bonchev–Trinajstić information content (AvgIpc) is 3.08. The van der Waals surface area contributed by atoms with Gasteiger partial charge in [-0.1, -0.05) is 6.07 Å². The van der Waals surface area contributed by atoms with Crippen molar-refractivity contribution in [2.24, 2.45) is 0 Å². The lowest BCUT2D eigenvalue weighted by Gasteiger charge is -2.33. The Hall–Kier alpha value is -1.48. The number of methoxy groups -OCH3 is 1. The Morgan fingerprint density at radius 1 is 1.22 bits per heavy atom. The van der Waals surface area contributed by atoms with Crippen LogP contribution in [0.1, 0.15) is 4.88 Å². The van der Waals surface area contributed by atoms with Gasteiger partial charge in [0.15, 0.2) is 0 Å². The standard InChI is InChI=1S/C15H19N3O3S2/c1-21-15-5-4-14(11-16-15)23(19,20)18-8-6-17(7-9-18)12-13-3-2-10-22-13/h2-5,10-11H,6-9,12H2,1H3. The van der Waals surface area contributed by atoms with E-state index in [1.54, 1.807) is 23.5 Å². The van der Waals surface area contributed by atoms with Crippen LogP contribution >= 0.6 is 11.3 Å². The highest BCUT2D eigenvalue weighted by Crippen LogP contribution is 2.20. The maximum absolute atomic E-state index is 12.6. The van der Waals surface area contributed by atoms with Crippen molar-refractivity contribution < 1.29 is 13.2 Å². The van der Waals surface area contributed by atoms with Gasteiger partial charge in [0.25, 0.3) is 0 Å². The van der Waals surface area contributed by atoms with E-state index in [0.717, 1.165) is 19.6 Å². The summed E-state index contributed by atoms with van der Waals surface area (Å²) in [6.45, 7) is 3.36. The van der Waals surface area contributed by atoms with Gasteiger partial charge < -0.3 is 4.74 Å². The summed E-state index contributed by atoms with van der Waals surface area (Å²) in [6, 6.07) is 7.26. The Labute approximate surface area is 140 Å². The van der Waals surface area contributed by atoms with E-state index in [1.165, 1.54) is 22.5 Å².